The number of benzene rings is 1. The molecule has 0 aromatic heterocycles. The van der Waals surface area contributed by atoms with E-state index in [1.165, 1.54) is 19.2 Å². The first-order valence-corrected chi connectivity index (χ1v) is 6.19. The summed E-state index contributed by atoms with van der Waals surface area (Å²) in [7, 11) is 1.24. The van der Waals surface area contributed by atoms with Gasteiger partial charge in [-0.25, -0.2) is 9.59 Å². The van der Waals surface area contributed by atoms with Crippen LogP contribution in [-0.2, 0) is 14.4 Å². The molecule has 1 fully saturated rings. The van der Waals surface area contributed by atoms with E-state index in [1.54, 1.807) is 18.2 Å². The number of aliphatic carboxylic acids is 1. The van der Waals surface area contributed by atoms with E-state index in [0.717, 1.165) is 4.90 Å². The van der Waals surface area contributed by atoms with Crippen LogP contribution in [0.5, 0.6) is 5.75 Å². The highest BCUT2D eigenvalue weighted by Gasteiger charge is 2.33. The van der Waals surface area contributed by atoms with Gasteiger partial charge in [0.25, 0.3) is 11.8 Å². The topological polar surface area (TPSA) is 113 Å². The SMILES string of the molecule is CN1C(=O)NC(=O)/C(=C\c2ccccc2OCC(=O)O)C1=O. The van der Waals surface area contributed by atoms with Crippen LogP contribution in [0.25, 0.3) is 6.08 Å². The van der Waals surface area contributed by atoms with Crippen LogP contribution in [0.4, 0.5) is 4.79 Å². The molecule has 1 aromatic carbocycles. The van der Waals surface area contributed by atoms with Crippen LogP contribution < -0.4 is 10.1 Å². The molecule has 8 heteroatoms. The van der Waals surface area contributed by atoms with E-state index in [4.69, 9.17) is 9.84 Å². The number of carboxylic acid groups (broad SMARTS) is 1. The molecule has 8 nitrogen and oxygen atoms in total. The van der Waals surface area contributed by atoms with Crippen molar-refractivity contribution in [3.8, 4) is 5.75 Å². The van der Waals surface area contributed by atoms with Crippen molar-refractivity contribution < 1.29 is 29.0 Å². The number of barbiturate groups is 1. The standard InChI is InChI=1S/C14H12N2O6/c1-16-13(20)9(12(19)15-14(16)21)6-8-4-2-3-5-10(8)22-7-11(17)18/h2-6H,7H2,1H3,(H,17,18)(H,15,19,21)/b9-6+. The molecule has 114 valence electrons. The Balaban J connectivity index is 2.36. The zero-order chi connectivity index (χ0) is 16.3. The Morgan fingerprint density at radius 3 is 2.68 bits per heavy atom. The van der Waals surface area contributed by atoms with E-state index in [2.05, 4.69) is 0 Å². The van der Waals surface area contributed by atoms with Crippen molar-refractivity contribution in [3.05, 3.63) is 35.4 Å². The van der Waals surface area contributed by atoms with Crippen LogP contribution in [-0.4, -0.2) is 47.5 Å². The summed E-state index contributed by atoms with van der Waals surface area (Å²) < 4.78 is 5.09. The summed E-state index contributed by atoms with van der Waals surface area (Å²) in [4.78, 5) is 46.4. The van der Waals surface area contributed by atoms with E-state index < -0.39 is 30.4 Å². The molecule has 4 amide bonds. The third-order valence-electron chi connectivity index (χ3n) is 2.87. The fraction of sp³-hybridized carbons (Fsp3) is 0.143. The smallest absolute Gasteiger partial charge is 0.341 e. The molecule has 1 aliphatic rings. The molecule has 0 radical (unpaired) electrons. The number of carbonyl (C=O) groups is 4. The molecule has 0 unspecified atom stereocenters. The van der Waals surface area contributed by atoms with Gasteiger partial charge in [0.1, 0.15) is 11.3 Å². The number of nitrogens with one attached hydrogen (secondary N) is 1. The first-order chi connectivity index (χ1) is 10.4. The highest BCUT2D eigenvalue weighted by Crippen LogP contribution is 2.22. The second-order valence-electron chi connectivity index (χ2n) is 4.40. The molecule has 1 heterocycles. The number of hydrogen-bond acceptors (Lipinski definition) is 5. The lowest BCUT2D eigenvalue weighted by Crippen LogP contribution is -2.52. The number of likely N-dealkylation sites (N-methyl/N-ethyl adjacent to an activating group) is 1. The number of amides is 4. The molecule has 1 saturated heterocycles. The molecule has 0 bridgehead atoms. The maximum Gasteiger partial charge on any atom is 0.341 e. The molecule has 0 atom stereocenters. The third kappa shape index (κ3) is 3.11. The van der Waals surface area contributed by atoms with Crippen LogP contribution in [0.3, 0.4) is 0 Å². The van der Waals surface area contributed by atoms with Crippen molar-refractivity contribution in [1.29, 1.82) is 0 Å². The van der Waals surface area contributed by atoms with Gasteiger partial charge in [-0.05, 0) is 12.1 Å². The molecule has 2 N–H and O–H groups in total. The second-order valence-corrected chi connectivity index (χ2v) is 4.40. The second kappa shape index (κ2) is 6.08. The minimum atomic E-state index is -1.15. The van der Waals surface area contributed by atoms with E-state index in [1.807, 2.05) is 5.32 Å². The van der Waals surface area contributed by atoms with Crippen molar-refractivity contribution >= 4 is 29.9 Å². The van der Waals surface area contributed by atoms with Gasteiger partial charge in [-0.1, -0.05) is 18.2 Å². The monoisotopic (exact) mass is 304 g/mol. The Bertz CT molecular complexity index is 694. The fourth-order valence-electron chi connectivity index (χ4n) is 1.77. The van der Waals surface area contributed by atoms with Crippen LogP contribution in [0, 0.1) is 0 Å². The normalized spacial score (nSPS) is 16.7. The Labute approximate surface area is 125 Å². The molecule has 0 spiro atoms. The zero-order valence-corrected chi connectivity index (χ0v) is 11.5. The van der Waals surface area contributed by atoms with Gasteiger partial charge in [0.2, 0.25) is 0 Å². The van der Waals surface area contributed by atoms with Crippen molar-refractivity contribution in [2.24, 2.45) is 0 Å². The molecule has 0 aliphatic carbocycles. The molecule has 1 aliphatic heterocycles. The third-order valence-corrected chi connectivity index (χ3v) is 2.87. The number of para-hydroxylation sites is 1. The molecular formula is C14H12N2O6. The van der Waals surface area contributed by atoms with Gasteiger partial charge < -0.3 is 9.84 Å². The number of carboxylic acids is 1. The first kappa shape index (κ1) is 15.2. The van der Waals surface area contributed by atoms with Crippen LogP contribution >= 0.6 is 0 Å². The zero-order valence-electron chi connectivity index (χ0n) is 11.5. The van der Waals surface area contributed by atoms with Crippen molar-refractivity contribution in [3.63, 3.8) is 0 Å². The van der Waals surface area contributed by atoms with Gasteiger partial charge in [-0.3, -0.25) is 19.8 Å². The predicted octanol–water partition coefficient (Wildman–Crippen LogP) is 0.242. The average Bonchev–Trinajstić information content (AvgIpc) is 2.48. The number of nitrogens with zero attached hydrogens (tertiary/aromatic N) is 1. The van der Waals surface area contributed by atoms with Gasteiger partial charge in [0.15, 0.2) is 6.61 Å². The fourth-order valence-corrected chi connectivity index (χ4v) is 1.77. The van der Waals surface area contributed by atoms with Crippen LogP contribution in [0.15, 0.2) is 29.8 Å². The minimum absolute atomic E-state index is 0.206. The number of imide groups is 2. The molecular weight excluding hydrogens is 292 g/mol. The number of carbonyl (C=O) groups excluding carboxylic acids is 3. The Morgan fingerprint density at radius 2 is 2.00 bits per heavy atom. The van der Waals surface area contributed by atoms with Crippen molar-refractivity contribution in [2.75, 3.05) is 13.7 Å². The van der Waals surface area contributed by atoms with Gasteiger partial charge >= 0.3 is 12.0 Å². The Morgan fingerprint density at radius 1 is 1.32 bits per heavy atom. The minimum Gasteiger partial charge on any atom is -0.481 e. The van der Waals surface area contributed by atoms with Gasteiger partial charge in [0, 0.05) is 12.6 Å². The van der Waals surface area contributed by atoms with E-state index in [9.17, 15) is 19.2 Å². The highest BCUT2D eigenvalue weighted by molar-refractivity contribution is 6.30. The van der Waals surface area contributed by atoms with E-state index >= 15 is 0 Å². The molecule has 22 heavy (non-hydrogen) atoms. The van der Waals surface area contributed by atoms with Crippen LogP contribution in [0.2, 0.25) is 0 Å². The van der Waals surface area contributed by atoms with E-state index in [0.29, 0.717) is 5.56 Å². The summed E-state index contributed by atoms with van der Waals surface area (Å²) in [6.45, 7) is -0.557. The number of urea groups is 1. The maximum atomic E-state index is 12.0. The number of ether oxygens (including phenoxy) is 1. The van der Waals surface area contributed by atoms with Gasteiger partial charge in [-0.2, -0.15) is 0 Å². The first-order valence-electron chi connectivity index (χ1n) is 6.19. The largest absolute Gasteiger partial charge is 0.481 e. The van der Waals surface area contributed by atoms with Crippen molar-refractivity contribution in [1.82, 2.24) is 10.2 Å². The summed E-state index contributed by atoms with van der Waals surface area (Å²) in [5.74, 6) is -2.51. The lowest BCUT2D eigenvalue weighted by Gasteiger charge is -2.22. The summed E-state index contributed by atoms with van der Waals surface area (Å²) >= 11 is 0. The summed E-state index contributed by atoms with van der Waals surface area (Å²) in [6, 6.07) is 5.52. The highest BCUT2D eigenvalue weighted by atomic mass is 16.5. The lowest BCUT2D eigenvalue weighted by atomic mass is 10.1. The van der Waals surface area contributed by atoms with E-state index in [-0.39, 0.29) is 11.3 Å². The summed E-state index contributed by atoms with van der Waals surface area (Å²) in [6.07, 6.45) is 1.25. The van der Waals surface area contributed by atoms with Crippen LogP contribution in [0.1, 0.15) is 5.56 Å². The quantitative estimate of drug-likeness (QED) is 0.608. The molecule has 1 aromatic rings. The number of hydrogen-bond donors (Lipinski definition) is 2. The Kier molecular flexibility index (Phi) is 4.21. The van der Waals surface area contributed by atoms with Crippen molar-refractivity contribution in [2.45, 2.75) is 0 Å². The molecule has 0 saturated carbocycles. The van der Waals surface area contributed by atoms with Gasteiger partial charge in [0.05, 0.1) is 0 Å². The Hall–Kier alpha value is -3.16. The lowest BCUT2D eigenvalue weighted by molar-refractivity contribution is -0.139. The maximum absolute atomic E-state index is 12.0. The summed E-state index contributed by atoms with van der Waals surface area (Å²) in [5.41, 5.74) is 0.110. The molecule has 2 rings (SSSR count). The average molecular weight is 304 g/mol. The van der Waals surface area contributed by atoms with Gasteiger partial charge in [-0.15, -0.1) is 0 Å². The summed E-state index contributed by atoms with van der Waals surface area (Å²) in [5, 5.41) is 10.7. The number of rotatable bonds is 4. The predicted molar refractivity (Wildman–Crippen MR) is 73.9 cm³/mol.